The number of likely N-dealkylation sites (tertiary alicyclic amines) is 1. The van der Waals surface area contributed by atoms with Crippen LogP contribution in [0.15, 0.2) is 29.2 Å². The van der Waals surface area contributed by atoms with E-state index in [0.717, 1.165) is 19.3 Å². The van der Waals surface area contributed by atoms with Crippen LogP contribution in [0, 0.1) is 17.8 Å². The van der Waals surface area contributed by atoms with E-state index in [-0.39, 0.29) is 17.2 Å². The van der Waals surface area contributed by atoms with E-state index in [0.29, 0.717) is 42.9 Å². The number of benzene rings is 1. The Morgan fingerprint density at radius 1 is 1.12 bits per heavy atom. The second-order valence-electron chi connectivity index (χ2n) is 9.55. The van der Waals surface area contributed by atoms with Gasteiger partial charge >= 0.3 is 11.9 Å². The van der Waals surface area contributed by atoms with Gasteiger partial charge in [0.25, 0.3) is 0 Å². The van der Waals surface area contributed by atoms with E-state index in [1.54, 1.807) is 12.1 Å². The lowest BCUT2D eigenvalue weighted by Gasteiger charge is -2.42. The Morgan fingerprint density at radius 2 is 1.91 bits per heavy atom. The number of nitrogens with zero attached hydrogens (tertiary/aromatic N) is 1. The summed E-state index contributed by atoms with van der Waals surface area (Å²) in [5.74, 6) is -0.738. The molecule has 0 aromatic heterocycles. The maximum absolute atomic E-state index is 12.8. The zero-order valence-corrected chi connectivity index (χ0v) is 19.8. The van der Waals surface area contributed by atoms with Crippen molar-refractivity contribution in [3.8, 4) is 0 Å². The van der Waals surface area contributed by atoms with Crippen LogP contribution < -0.4 is 10.0 Å². The molecule has 1 saturated carbocycles. The summed E-state index contributed by atoms with van der Waals surface area (Å²) in [5.41, 5.74) is 0. The normalized spacial score (nSPS) is 32.9. The van der Waals surface area contributed by atoms with Crippen molar-refractivity contribution in [1.82, 2.24) is 14.9 Å². The van der Waals surface area contributed by atoms with Gasteiger partial charge in [-0.25, -0.2) is 13.1 Å². The van der Waals surface area contributed by atoms with E-state index in [2.05, 4.69) is 10.0 Å². The molecule has 3 fully saturated rings. The van der Waals surface area contributed by atoms with Gasteiger partial charge < -0.3 is 15.5 Å². The Balaban J connectivity index is 1.39. The third-order valence-corrected chi connectivity index (χ3v) is 9.07. The number of piperidine rings is 1. The first-order valence-corrected chi connectivity index (χ1v) is 13.2. The summed E-state index contributed by atoms with van der Waals surface area (Å²) in [6, 6.07) is 4.19. The number of hydrogen-bond donors (Lipinski definition) is 4. The number of carbonyl (C=O) groups is 2. The fourth-order valence-electron chi connectivity index (χ4n) is 5.72. The number of hydrogen-bond acceptors (Lipinski definition) is 6. The molecule has 0 amide bonds. The van der Waals surface area contributed by atoms with Crippen LogP contribution >= 0.6 is 11.6 Å². The lowest BCUT2D eigenvalue weighted by atomic mass is 9.69. The van der Waals surface area contributed by atoms with Crippen LogP contribution in [0.4, 0.5) is 0 Å². The predicted molar refractivity (Wildman–Crippen MR) is 122 cm³/mol. The third kappa shape index (κ3) is 5.68. The molecule has 33 heavy (non-hydrogen) atoms. The van der Waals surface area contributed by atoms with Crippen molar-refractivity contribution in [3.05, 3.63) is 29.3 Å². The molecule has 2 heterocycles. The largest absolute Gasteiger partial charge is 0.480 e. The molecule has 3 aliphatic rings. The Bertz CT molecular complexity index is 1010. The number of carboxylic acid groups (broad SMARTS) is 2. The summed E-state index contributed by atoms with van der Waals surface area (Å²) in [5, 5.41) is 22.5. The van der Waals surface area contributed by atoms with E-state index >= 15 is 0 Å². The fraction of sp³-hybridized carbons (Fsp3) is 0.636. The molecule has 1 aromatic carbocycles. The maximum atomic E-state index is 12.8. The topological polar surface area (TPSA) is 136 Å². The molecule has 6 unspecified atom stereocenters. The molecule has 0 bridgehead atoms. The molecule has 11 heteroatoms. The van der Waals surface area contributed by atoms with Crippen molar-refractivity contribution in [2.75, 3.05) is 19.6 Å². The van der Waals surface area contributed by atoms with Crippen molar-refractivity contribution >= 4 is 33.6 Å². The van der Waals surface area contributed by atoms with E-state index < -0.39 is 40.1 Å². The summed E-state index contributed by atoms with van der Waals surface area (Å²) in [7, 11) is -3.82. The highest BCUT2D eigenvalue weighted by Crippen LogP contribution is 2.39. The molecule has 6 atom stereocenters. The minimum absolute atomic E-state index is 0.0533. The lowest BCUT2D eigenvalue weighted by Crippen LogP contribution is -2.50. The molecule has 4 N–H and O–H groups in total. The standard InChI is InChI=1S/C22H30ClN3O6S/c23-16-2-1-3-18(8-16)33(31,32)25-17-9-20(22(29)30)26(12-17)11-13-4-5-14-10-24-19(21(27)28)7-15(14)6-13/h1-3,8,13-15,17,19-20,24-25H,4-7,9-12H2,(H,27,28)(H,29,30). The highest BCUT2D eigenvalue weighted by molar-refractivity contribution is 7.89. The van der Waals surface area contributed by atoms with Gasteiger partial charge in [-0.1, -0.05) is 17.7 Å². The Kier molecular flexibility index (Phi) is 7.30. The number of fused-ring (bicyclic) bond motifs is 1. The smallest absolute Gasteiger partial charge is 0.320 e. The van der Waals surface area contributed by atoms with Gasteiger partial charge in [0.1, 0.15) is 12.1 Å². The molecular weight excluding hydrogens is 470 g/mol. The SMILES string of the molecule is O=C(O)C1CC2CC(CN3CC(NS(=O)(=O)c4cccc(Cl)c4)CC3C(=O)O)CCC2CN1. The number of carboxylic acids is 2. The highest BCUT2D eigenvalue weighted by Gasteiger charge is 2.42. The number of halogens is 1. The number of nitrogens with one attached hydrogen (secondary N) is 2. The fourth-order valence-corrected chi connectivity index (χ4v) is 7.26. The predicted octanol–water partition coefficient (Wildman–Crippen LogP) is 1.62. The van der Waals surface area contributed by atoms with Crippen LogP contribution in [-0.2, 0) is 19.6 Å². The minimum atomic E-state index is -3.82. The molecule has 1 aromatic rings. The van der Waals surface area contributed by atoms with E-state index in [1.165, 1.54) is 12.1 Å². The molecule has 182 valence electrons. The van der Waals surface area contributed by atoms with Gasteiger partial charge in [-0.2, -0.15) is 0 Å². The number of aliphatic carboxylic acids is 2. The summed E-state index contributed by atoms with van der Waals surface area (Å²) in [6.07, 6.45) is 3.62. The zero-order valence-electron chi connectivity index (χ0n) is 18.2. The highest BCUT2D eigenvalue weighted by atomic mass is 35.5. The van der Waals surface area contributed by atoms with Crippen LogP contribution in [0.5, 0.6) is 0 Å². The van der Waals surface area contributed by atoms with Crippen LogP contribution in [0.3, 0.4) is 0 Å². The van der Waals surface area contributed by atoms with Crippen molar-refractivity contribution < 1.29 is 28.2 Å². The first-order chi connectivity index (χ1) is 15.6. The molecule has 9 nitrogen and oxygen atoms in total. The van der Waals surface area contributed by atoms with Gasteiger partial charge in [0.2, 0.25) is 10.0 Å². The first-order valence-electron chi connectivity index (χ1n) is 11.3. The zero-order chi connectivity index (χ0) is 23.8. The second-order valence-corrected chi connectivity index (χ2v) is 11.7. The van der Waals surface area contributed by atoms with E-state index in [4.69, 9.17) is 11.6 Å². The number of sulfonamides is 1. The Labute approximate surface area is 198 Å². The van der Waals surface area contributed by atoms with E-state index in [9.17, 15) is 28.2 Å². The van der Waals surface area contributed by atoms with Crippen LogP contribution in [0.25, 0.3) is 0 Å². The van der Waals surface area contributed by atoms with Crippen molar-refractivity contribution in [2.24, 2.45) is 17.8 Å². The average Bonchev–Trinajstić information content (AvgIpc) is 3.14. The third-order valence-electron chi connectivity index (χ3n) is 7.32. The van der Waals surface area contributed by atoms with Crippen molar-refractivity contribution in [2.45, 2.75) is 55.1 Å². The molecule has 2 aliphatic heterocycles. The quantitative estimate of drug-likeness (QED) is 0.444. The van der Waals surface area contributed by atoms with Crippen molar-refractivity contribution in [1.29, 1.82) is 0 Å². The minimum Gasteiger partial charge on any atom is -0.480 e. The van der Waals surface area contributed by atoms with Crippen LogP contribution in [-0.4, -0.2) is 73.2 Å². The Morgan fingerprint density at radius 3 is 2.61 bits per heavy atom. The average molecular weight is 500 g/mol. The summed E-state index contributed by atoms with van der Waals surface area (Å²) in [6.45, 7) is 1.60. The molecule has 1 aliphatic carbocycles. The molecule has 2 saturated heterocycles. The maximum Gasteiger partial charge on any atom is 0.320 e. The molecular formula is C22H30ClN3O6S. The number of rotatable bonds is 7. The van der Waals surface area contributed by atoms with Crippen LogP contribution in [0.2, 0.25) is 5.02 Å². The summed E-state index contributed by atoms with van der Waals surface area (Å²) in [4.78, 5) is 25.2. The van der Waals surface area contributed by atoms with Gasteiger partial charge in [-0.05, 0) is 74.6 Å². The molecule has 4 rings (SSSR count). The first kappa shape index (κ1) is 24.4. The summed E-state index contributed by atoms with van der Waals surface area (Å²) >= 11 is 5.92. The van der Waals surface area contributed by atoms with Gasteiger partial charge in [-0.3, -0.25) is 14.5 Å². The molecule has 0 spiro atoms. The van der Waals surface area contributed by atoms with Gasteiger partial charge in [-0.15, -0.1) is 0 Å². The van der Waals surface area contributed by atoms with Crippen LogP contribution in [0.1, 0.15) is 32.1 Å². The summed E-state index contributed by atoms with van der Waals surface area (Å²) < 4.78 is 28.2. The van der Waals surface area contributed by atoms with Crippen molar-refractivity contribution in [3.63, 3.8) is 0 Å². The monoisotopic (exact) mass is 499 g/mol. The molecule has 0 radical (unpaired) electrons. The lowest BCUT2D eigenvalue weighted by molar-refractivity contribution is -0.143. The Hall–Kier alpha value is -1.72. The van der Waals surface area contributed by atoms with Gasteiger partial charge in [0, 0.05) is 24.2 Å². The second kappa shape index (κ2) is 9.87. The van der Waals surface area contributed by atoms with E-state index in [1.807, 2.05) is 4.90 Å². The van der Waals surface area contributed by atoms with Gasteiger partial charge in [0.05, 0.1) is 4.90 Å². The van der Waals surface area contributed by atoms with Gasteiger partial charge in [0.15, 0.2) is 0 Å².